The molecule has 0 amide bonds. The largest absolute Gasteiger partial charge is 0.457 e. The highest BCUT2D eigenvalue weighted by Gasteiger charge is 2.32. The topological polar surface area (TPSA) is 106 Å². The first-order valence-electron chi connectivity index (χ1n) is 5.72. The maximum atomic E-state index is 11.9. The lowest BCUT2D eigenvalue weighted by Gasteiger charge is -2.01. The van der Waals surface area contributed by atoms with E-state index in [0.29, 0.717) is 0 Å². The SMILES string of the molecule is CCOC(=O)C(=[N+]=[N-])C(=O)c1ccc(OC(C)=O)cc1. The van der Waals surface area contributed by atoms with E-state index in [0.717, 1.165) is 0 Å². The van der Waals surface area contributed by atoms with Crippen molar-refractivity contribution in [1.82, 2.24) is 0 Å². The minimum Gasteiger partial charge on any atom is -0.457 e. The van der Waals surface area contributed by atoms with E-state index in [9.17, 15) is 14.4 Å². The Morgan fingerprint density at radius 2 is 1.80 bits per heavy atom. The van der Waals surface area contributed by atoms with Crippen LogP contribution in [0.3, 0.4) is 0 Å². The number of carbonyl (C=O) groups excluding carboxylic acids is 3. The Morgan fingerprint density at radius 1 is 1.20 bits per heavy atom. The van der Waals surface area contributed by atoms with Gasteiger partial charge in [-0.3, -0.25) is 9.59 Å². The molecule has 1 aromatic carbocycles. The summed E-state index contributed by atoms with van der Waals surface area (Å²) in [5.74, 6) is -2.04. The molecular formula is C13H12N2O5. The molecule has 0 aliphatic carbocycles. The fourth-order valence-electron chi connectivity index (χ4n) is 1.36. The zero-order valence-electron chi connectivity index (χ0n) is 11.0. The van der Waals surface area contributed by atoms with Gasteiger partial charge in [0, 0.05) is 12.5 Å². The maximum absolute atomic E-state index is 11.9. The van der Waals surface area contributed by atoms with E-state index < -0.39 is 23.4 Å². The summed E-state index contributed by atoms with van der Waals surface area (Å²) in [5, 5.41) is 0. The third-order valence-corrected chi connectivity index (χ3v) is 2.16. The van der Waals surface area contributed by atoms with E-state index in [1.165, 1.54) is 31.2 Å². The maximum Gasteiger partial charge on any atom is 0.446 e. The van der Waals surface area contributed by atoms with Crippen molar-refractivity contribution in [3.05, 3.63) is 35.4 Å². The molecule has 0 radical (unpaired) electrons. The Morgan fingerprint density at radius 3 is 2.25 bits per heavy atom. The summed E-state index contributed by atoms with van der Waals surface area (Å²) < 4.78 is 9.39. The van der Waals surface area contributed by atoms with Crippen molar-refractivity contribution < 1.29 is 28.6 Å². The van der Waals surface area contributed by atoms with E-state index in [2.05, 4.69) is 9.53 Å². The Bertz CT molecular complexity index is 585. The van der Waals surface area contributed by atoms with Gasteiger partial charge in [-0.25, -0.2) is 4.79 Å². The van der Waals surface area contributed by atoms with Crippen LogP contribution in [0.2, 0.25) is 0 Å². The Labute approximate surface area is 114 Å². The highest BCUT2D eigenvalue weighted by Crippen LogP contribution is 2.13. The summed E-state index contributed by atoms with van der Waals surface area (Å²) in [4.78, 5) is 36.7. The quantitative estimate of drug-likeness (QED) is 0.152. The van der Waals surface area contributed by atoms with Crippen molar-refractivity contribution >= 4 is 23.4 Å². The number of Topliss-reactive ketones (excluding diaryl/α,β-unsaturated/α-hetero) is 1. The van der Waals surface area contributed by atoms with Crippen LogP contribution in [0.1, 0.15) is 24.2 Å². The second-order valence-corrected chi connectivity index (χ2v) is 3.62. The molecule has 0 N–H and O–H groups in total. The van der Waals surface area contributed by atoms with Gasteiger partial charge in [-0.15, -0.1) is 0 Å². The fraction of sp³-hybridized carbons (Fsp3) is 0.231. The van der Waals surface area contributed by atoms with Gasteiger partial charge in [-0.2, -0.15) is 4.79 Å². The summed E-state index contributed by atoms with van der Waals surface area (Å²) in [7, 11) is 0. The molecule has 0 aromatic heterocycles. The van der Waals surface area contributed by atoms with E-state index in [-0.39, 0.29) is 17.9 Å². The highest BCUT2D eigenvalue weighted by molar-refractivity contribution is 6.65. The van der Waals surface area contributed by atoms with E-state index in [1.807, 2.05) is 0 Å². The molecule has 0 aliphatic heterocycles. The van der Waals surface area contributed by atoms with Crippen molar-refractivity contribution in [3.8, 4) is 5.75 Å². The third kappa shape index (κ3) is 3.86. The van der Waals surface area contributed by atoms with Crippen molar-refractivity contribution in [2.24, 2.45) is 0 Å². The van der Waals surface area contributed by atoms with E-state index in [4.69, 9.17) is 10.3 Å². The standard InChI is InChI=1S/C13H12N2O5/c1-3-19-13(18)11(15-14)12(17)9-4-6-10(7-5-9)20-8(2)16/h4-7H,3H2,1-2H3. The zero-order valence-corrected chi connectivity index (χ0v) is 11.0. The molecule has 0 heterocycles. The molecule has 1 rings (SSSR count). The Hall–Kier alpha value is -2.79. The van der Waals surface area contributed by atoms with E-state index >= 15 is 0 Å². The van der Waals surface area contributed by atoms with Gasteiger partial charge < -0.3 is 15.0 Å². The van der Waals surface area contributed by atoms with Crippen molar-refractivity contribution in [2.45, 2.75) is 13.8 Å². The van der Waals surface area contributed by atoms with Gasteiger partial charge in [0.25, 0.3) is 5.78 Å². The van der Waals surface area contributed by atoms with Gasteiger partial charge in [0.1, 0.15) is 5.75 Å². The van der Waals surface area contributed by atoms with Gasteiger partial charge in [-0.05, 0) is 31.2 Å². The average molecular weight is 276 g/mol. The smallest absolute Gasteiger partial charge is 0.446 e. The molecule has 0 unspecified atom stereocenters. The molecule has 0 fully saturated rings. The summed E-state index contributed by atoms with van der Waals surface area (Å²) >= 11 is 0. The molecule has 0 spiro atoms. The number of carbonyl (C=O) groups is 3. The first-order chi connectivity index (χ1) is 9.49. The number of hydrogen-bond donors (Lipinski definition) is 0. The van der Waals surface area contributed by atoms with Crippen molar-refractivity contribution in [3.63, 3.8) is 0 Å². The number of nitrogens with zero attached hydrogens (tertiary/aromatic N) is 2. The van der Waals surface area contributed by atoms with Gasteiger partial charge in [0.2, 0.25) is 0 Å². The van der Waals surface area contributed by atoms with Crippen LogP contribution in [0.25, 0.3) is 5.53 Å². The minimum absolute atomic E-state index is 0.0521. The number of benzene rings is 1. The lowest BCUT2D eigenvalue weighted by Crippen LogP contribution is -2.27. The molecule has 0 aliphatic rings. The van der Waals surface area contributed by atoms with Crippen LogP contribution in [0, 0.1) is 0 Å². The molecule has 7 heteroatoms. The summed E-state index contributed by atoms with van der Waals surface area (Å²) in [5.41, 5.74) is 8.11. The first-order valence-corrected chi connectivity index (χ1v) is 5.72. The summed E-state index contributed by atoms with van der Waals surface area (Å²) in [6.07, 6.45) is 0. The number of esters is 2. The number of ether oxygens (including phenoxy) is 2. The normalized spacial score (nSPS) is 9.30. The van der Waals surface area contributed by atoms with Crippen molar-refractivity contribution in [2.75, 3.05) is 6.61 Å². The first kappa shape index (κ1) is 15.3. The molecule has 20 heavy (non-hydrogen) atoms. The second kappa shape index (κ2) is 6.96. The zero-order chi connectivity index (χ0) is 15.1. The number of rotatable bonds is 5. The average Bonchev–Trinajstić information content (AvgIpc) is 2.40. The van der Waals surface area contributed by atoms with Gasteiger partial charge in [0.05, 0.1) is 6.61 Å². The summed E-state index contributed by atoms with van der Waals surface area (Å²) in [6.45, 7) is 2.86. The molecule has 0 saturated carbocycles. The lowest BCUT2D eigenvalue weighted by molar-refractivity contribution is -0.139. The van der Waals surface area contributed by atoms with E-state index in [1.54, 1.807) is 6.92 Å². The molecule has 0 atom stereocenters. The number of ketones is 1. The fourth-order valence-corrected chi connectivity index (χ4v) is 1.36. The minimum atomic E-state index is -1.01. The third-order valence-electron chi connectivity index (χ3n) is 2.16. The van der Waals surface area contributed by atoms with Gasteiger partial charge in [0.15, 0.2) is 0 Å². The molecule has 1 aromatic rings. The molecule has 104 valence electrons. The van der Waals surface area contributed by atoms with Crippen molar-refractivity contribution in [1.29, 1.82) is 0 Å². The van der Waals surface area contributed by atoms with Crippen LogP contribution in [-0.4, -0.2) is 34.8 Å². The van der Waals surface area contributed by atoms with Crippen LogP contribution in [-0.2, 0) is 14.3 Å². The molecule has 0 saturated heterocycles. The van der Waals surface area contributed by atoms with Gasteiger partial charge >= 0.3 is 17.7 Å². The molecule has 0 bridgehead atoms. The van der Waals surface area contributed by atoms with Crippen LogP contribution in [0.5, 0.6) is 5.75 Å². The van der Waals surface area contributed by atoms with Gasteiger partial charge in [-0.1, -0.05) is 0 Å². The van der Waals surface area contributed by atoms with Crippen LogP contribution >= 0.6 is 0 Å². The van der Waals surface area contributed by atoms with Crippen LogP contribution < -0.4 is 4.74 Å². The van der Waals surface area contributed by atoms with Crippen LogP contribution in [0.4, 0.5) is 0 Å². The monoisotopic (exact) mass is 276 g/mol. The Balaban J connectivity index is 2.94. The highest BCUT2D eigenvalue weighted by atomic mass is 16.5. The Kier molecular flexibility index (Phi) is 5.31. The predicted octanol–water partition coefficient (Wildman–Crippen LogP) is 1.03. The molecular weight excluding hydrogens is 264 g/mol. The summed E-state index contributed by atoms with van der Waals surface area (Å²) in [6, 6.07) is 5.44. The molecule has 7 nitrogen and oxygen atoms in total. The number of hydrogen-bond acceptors (Lipinski definition) is 5. The second-order valence-electron chi connectivity index (χ2n) is 3.62. The van der Waals surface area contributed by atoms with Crippen LogP contribution in [0.15, 0.2) is 24.3 Å². The lowest BCUT2D eigenvalue weighted by atomic mass is 10.1. The predicted molar refractivity (Wildman–Crippen MR) is 67.3 cm³/mol.